The average molecular weight is 321 g/mol. The minimum atomic E-state index is -0.536. The highest BCUT2D eigenvalue weighted by molar-refractivity contribution is 7.80. The number of thiocarbonyl (C=S) groups is 1. The summed E-state index contributed by atoms with van der Waals surface area (Å²) in [7, 11) is 0. The first-order valence-electron chi connectivity index (χ1n) is 7.12. The number of carbonyl (C=O) groups is 2. The van der Waals surface area contributed by atoms with Crippen LogP contribution < -0.4 is 11.1 Å². The summed E-state index contributed by atoms with van der Waals surface area (Å²) in [5, 5.41) is 3.04. The molecular formula is C16H23N3O2S. The van der Waals surface area contributed by atoms with Gasteiger partial charge in [-0.3, -0.25) is 9.59 Å². The van der Waals surface area contributed by atoms with Crippen LogP contribution in [-0.2, 0) is 16.1 Å². The minimum Gasteiger partial charge on any atom is -0.370 e. The van der Waals surface area contributed by atoms with Crippen LogP contribution in [0, 0.1) is 5.41 Å². The van der Waals surface area contributed by atoms with Crippen molar-refractivity contribution in [1.29, 1.82) is 0 Å². The highest BCUT2D eigenvalue weighted by Crippen LogP contribution is 2.13. The Morgan fingerprint density at radius 3 is 2.32 bits per heavy atom. The molecule has 0 fully saturated rings. The summed E-state index contributed by atoms with van der Waals surface area (Å²) < 4.78 is 0. The summed E-state index contributed by atoms with van der Waals surface area (Å²) in [5.74, 6) is -0.558. The van der Waals surface area contributed by atoms with E-state index in [4.69, 9.17) is 18.0 Å². The summed E-state index contributed by atoms with van der Waals surface area (Å²) >= 11 is 5.31. The fourth-order valence-corrected chi connectivity index (χ4v) is 1.91. The van der Waals surface area contributed by atoms with Gasteiger partial charge in [0.05, 0.1) is 0 Å². The molecule has 6 heteroatoms. The molecule has 1 aromatic rings. The van der Waals surface area contributed by atoms with Crippen molar-refractivity contribution in [2.75, 3.05) is 6.54 Å². The van der Waals surface area contributed by atoms with Gasteiger partial charge in [-0.2, -0.15) is 0 Å². The van der Waals surface area contributed by atoms with Crippen LogP contribution in [0.3, 0.4) is 0 Å². The molecule has 0 bridgehead atoms. The molecule has 0 aliphatic rings. The normalized spacial score (nSPS) is 10.9. The van der Waals surface area contributed by atoms with Crippen LogP contribution in [0.15, 0.2) is 30.3 Å². The van der Waals surface area contributed by atoms with E-state index in [9.17, 15) is 9.59 Å². The van der Waals surface area contributed by atoms with E-state index in [0.717, 1.165) is 5.56 Å². The molecule has 0 unspecified atom stereocenters. The average Bonchev–Trinajstić information content (AvgIpc) is 2.43. The Bertz CT molecular complexity index is 538. The summed E-state index contributed by atoms with van der Waals surface area (Å²) in [4.78, 5) is 24.9. The molecule has 0 atom stereocenters. The summed E-state index contributed by atoms with van der Waals surface area (Å²) in [6.07, 6.45) is 0.179. The first kappa shape index (κ1) is 18.1. The van der Waals surface area contributed by atoms with E-state index in [1.807, 2.05) is 51.1 Å². The maximum Gasteiger partial charge on any atom is 0.231 e. The van der Waals surface area contributed by atoms with Crippen LogP contribution in [0.1, 0.15) is 32.8 Å². The lowest BCUT2D eigenvalue weighted by atomic mass is 9.96. The molecular weight excluding hydrogens is 298 g/mol. The van der Waals surface area contributed by atoms with Gasteiger partial charge < -0.3 is 16.0 Å². The molecule has 2 amide bonds. The van der Waals surface area contributed by atoms with Crippen molar-refractivity contribution in [3.8, 4) is 0 Å². The molecule has 0 aromatic heterocycles. The largest absolute Gasteiger partial charge is 0.370 e. The fourth-order valence-electron chi connectivity index (χ4n) is 1.67. The standard InChI is InChI=1S/C16H23N3O2S/c1-16(2,3)14(21)18-15(22)19(10-9-13(17)20)11-12-7-5-4-6-8-12/h4-8H,9-11H2,1-3H3,(H2,17,20)(H,18,21,22). The van der Waals surface area contributed by atoms with Gasteiger partial charge in [0.1, 0.15) is 0 Å². The summed E-state index contributed by atoms with van der Waals surface area (Å²) in [6.45, 7) is 6.33. The number of rotatable bonds is 5. The van der Waals surface area contributed by atoms with Gasteiger partial charge in [-0.15, -0.1) is 0 Å². The first-order valence-corrected chi connectivity index (χ1v) is 7.53. The predicted octanol–water partition coefficient (Wildman–Crippen LogP) is 1.81. The molecule has 5 nitrogen and oxygen atoms in total. The lowest BCUT2D eigenvalue weighted by Gasteiger charge is -2.27. The van der Waals surface area contributed by atoms with Gasteiger partial charge >= 0.3 is 0 Å². The predicted molar refractivity (Wildman–Crippen MR) is 90.9 cm³/mol. The van der Waals surface area contributed by atoms with Crippen molar-refractivity contribution < 1.29 is 9.59 Å². The Balaban J connectivity index is 2.78. The topological polar surface area (TPSA) is 75.4 Å². The van der Waals surface area contributed by atoms with Crippen molar-refractivity contribution in [1.82, 2.24) is 10.2 Å². The molecule has 0 radical (unpaired) electrons. The van der Waals surface area contributed by atoms with Crippen LogP contribution in [0.5, 0.6) is 0 Å². The van der Waals surface area contributed by atoms with E-state index in [1.54, 1.807) is 4.90 Å². The molecule has 0 spiro atoms. The van der Waals surface area contributed by atoms with Crippen LogP contribution in [-0.4, -0.2) is 28.4 Å². The lowest BCUT2D eigenvalue weighted by Crippen LogP contribution is -2.47. The van der Waals surface area contributed by atoms with Crippen LogP contribution in [0.4, 0.5) is 0 Å². The number of carbonyl (C=O) groups excluding carboxylic acids is 2. The third-order valence-corrected chi connectivity index (χ3v) is 3.39. The van der Waals surface area contributed by atoms with Gasteiger partial charge in [0, 0.05) is 24.9 Å². The van der Waals surface area contributed by atoms with Crippen molar-refractivity contribution >= 4 is 29.1 Å². The van der Waals surface area contributed by atoms with E-state index in [-0.39, 0.29) is 12.3 Å². The smallest absolute Gasteiger partial charge is 0.231 e. The Morgan fingerprint density at radius 2 is 1.82 bits per heavy atom. The molecule has 22 heavy (non-hydrogen) atoms. The molecule has 0 aliphatic heterocycles. The summed E-state index contributed by atoms with van der Waals surface area (Å²) in [5.41, 5.74) is 5.71. The van der Waals surface area contributed by atoms with Crippen molar-refractivity contribution in [3.63, 3.8) is 0 Å². The molecule has 1 aromatic carbocycles. The Kier molecular flexibility index (Phi) is 6.49. The van der Waals surface area contributed by atoms with Gasteiger partial charge in [-0.25, -0.2) is 0 Å². The lowest BCUT2D eigenvalue weighted by molar-refractivity contribution is -0.127. The Morgan fingerprint density at radius 1 is 1.23 bits per heavy atom. The highest BCUT2D eigenvalue weighted by atomic mass is 32.1. The second-order valence-electron chi connectivity index (χ2n) is 6.13. The molecule has 120 valence electrons. The molecule has 1 rings (SSSR count). The minimum absolute atomic E-state index is 0.158. The van der Waals surface area contributed by atoms with E-state index >= 15 is 0 Å². The van der Waals surface area contributed by atoms with Crippen LogP contribution >= 0.6 is 12.2 Å². The SMILES string of the molecule is CC(C)(C)C(=O)NC(=S)N(CCC(N)=O)Cc1ccccc1. The van der Waals surface area contributed by atoms with Crippen molar-refractivity contribution in [3.05, 3.63) is 35.9 Å². The van der Waals surface area contributed by atoms with E-state index in [1.165, 1.54) is 0 Å². The molecule has 0 heterocycles. The zero-order chi connectivity index (χ0) is 16.8. The van der Waals surface area contributed by atoms with Crippen LogP contribution in [0.25, 0.3) is 0 Å². The number of hydrogen-bond acceptors (Lipinski definition) is 3. The first-order chi connectivity index (χ1) is 10.2. The number of nitrogens with one attached hydrogen (secondary N) is 1. The maximum atomic E-state index is 12.1. The Labute approximate surface area is 136 Å². The number of amides is 2. The van der Waals surface area contributed by atoms with Gasteiger partial charge in [0.2, 0.25) is 11.8 Å². The quantitative estimate of drug-likeness (QED) is 0.811. The van der Waals surface area contributed by atoms with Crippen molar-refractivity contribution in [2.45, 2.75) is 33.7 Å². The third kappa shape index (κ3) is 6.22. The number of hydrogen-bond donors (Lipinski definition) is 2. The summed E-state index contributed by atoms with van der Waals surface area (Å²) in [6, 6.07) is 9.71. The fraction of sp³-hybridized carbons (Fsp3) is 0.438. The zero-order valence-electron chi connectivity index (χ0n) is 13.3. The van der Waals surface area contributed by atoms with Crippen LogP contribution in [0.2, 0.25) is 0 Å². The molecule has 0 aliphatic carbocycles. The van der Waals surface area contributed by atoms with Gasteiger partial charge in [-0.1, -0.05) is 51.1 Å². The van der Waals surface area contributed by atoms with E-state index in [0.29, 0.717) is 18.2 Å². The monoisotopic (exact) mass is 321 g/mol. The maximum absolute atomic E-state index is 12.1. The van der Waals surface area contributed by atoms with Gasteiger partial charge in [0.25, 0.3) is 0 Å². The van der Waals surface area contributed by atoms with E-state index in [2.05, 4.69) is 5.32 Å². The molecule has 0 saturated carbocycles. The number of nitrogens with zero attached hydrogens (tertiary/aromatic N) is 1. The number of nitrogens with two attached hydrogens (primary N) is 1. The van der Waals surface area contributed by atoms with Crippen molar-refractivity contribution in [2.24, 2.45) is 11.1 Å². The molecule has 3 N–H and O–H groups in total. The van der Waals surface area contributed by atoms with Gasteiger partial charge in [-0.05, 0) is 17.8 Å². The number of benzene rings is 1. The molecule has 0 saturated heterocycles. The zero-order valence-corrected chi connectivity index (χ0v) is 14.1. The Hall–Kier alpha value is -1.95. The second-order valence-corrected chi connectivity index (χ2v) is 6.52. The number of primary amides is 1. The van der Waals surface area contributed by atoms with E-state index < -0.39 is 11.3 Å². The highest BCUT2D eigenvalue weighted by Gasteiger charge is 2.23. The second kappa shape index (κ2) is 7.89. The van der Waals surface area contributed by atoms with Gasteiger partial charge in [0.15, 0.2) is 5.11 Å². The third-order valence-electron chi connectivity index (χ3n) is 3.03.